The van der Waals surface area contributed by atoms with Crippen LogP contribution in [-0.2, 0) is 14.3 Å². The van der Waals surface area contributed by atoms with E-state index in [4.69, 9.17) is 9.47 Å². The van der Waals surface area contributed by atoms with Gasteiger partial charge in [-0.1, -0.05) is 13.8 Å². The summed E-state index contributed by atoms with van der Waals surface area (Å²) in [6, 6.07) is 5.81. The van der Waals surface area contributed by atoms with E-state index in [1.165, 1.54) is 4.90 Å². The minimum atomic E-state index is -0.857. The molecule has 26 heavy (non-hydrogen) atoms. The second-order valence-corrected chi connectivity index (χ2v) is 6.64. The highest BCUT2D eigenvalue weighted by atomic mass is 16.5. The maximum Gasteiger partial charge on any atom is 0.308 e. The molecule has 2 amide bonds. The number of ether oxygens (including phenoxy) is 2. The standard InChI is InChI=1S/C19H26N2O5/c1-13(2)8-11-26-17(22)12-16-18(23)20-9-10-21(16)19(24)14-4-6-15(25-3)7-5-14/h4-7,13,16H,8-12H2,1-3H3,(H,20,23). The van der Waals surface area contributed by atoms with Gasteiger partial charge in [0.15, 0.2) is 0 Å². The Morgan fingerprint density at radius 3 is 2.58 bits per heavy atom. The van der Waals surface area contributed by atoms with E-state index in [1.54, 1.807) is 31.4 Å². The van der Waals surface area contributed by atoms with Crippen molar-refractivity contribution in [3.63, 3.8) is 0 Å². The lowest BCUT2D eigenvalue weighted by Gasteiger charge is -2.34. The summed E-state index contributed by atoms with van der Waals surface area (Å²) in [7, 11) is 1.55. The Kier molecular flexibility index (Phi) is 7.00. The van der Waals surface area contributed by atoms with Gasteiger partial charge in [-0.25, -0.2) is 0 Å². The summed E-state index contributed by atoms with van der Waals surface area (Å²) in [5, 5.41) is 2.71. The molecule has 7 heteroatoms. The van der Waals surface area contributed by atoms with Crippen LogP contribution in [0.25, 0.3) is 0 Å². The molecule has 1 heterocycles. The number of carbonyl (C=O) groups excluding carboxylic acids is 3. The Balaban J connectivity index is 2.05. The number of piperazine rings is 1. The van der Waals surface area contributed by atoms with Crippen molar-refractivity contribution >= 4 is 17.8 Å². The third-order valence-electron chi connectivity index (χ3n) is 4.25. The summed E-state index contributed by atoms with van der Waals surface area (Å²) < 4.78 is 10.3. The lowest BCUT2D eigenvalue weighted by atomic mass is 10.1. The van der Waals surface area contributed by atoms with Crippen LogP contribution in [0.3, 0.4) is 0 Å². The summed E-state index contributed by atoms with van der Waals surface area (Å²) in [5.41, 5.74) is 0.443. The fraction of sp³-hybridized carbons (Fsp3) is 0.526. The normalized spacial score (nSPS) is 17.0. The van der Waals surface area contributed by atoms with E-state index in [-0.39, 0.29) is 18.2 Å². The van der Waals surface area contributed by atoms with Crippen molar-refractivity contribution in [3.8, 4) is 5.75 Å². The number of hydrogen-bond acceptors (Lipinski definition) is 5. The lowest BCUT2D eigenvalue weighted by molar-refractivity contribution is -0.148. The summed E-state index contributed by atoms with van der Waals surface area (Å²) >= 11 is 0. The Bertz CT molecular complexity index is 642. The number of nitrogens with one attached hydrogen (secondary N) is 1. The zero-order valence-electron chi connectivity index (χ0n) is 15.5. The predicted octanol–water partition coefficient (Wildman–Crippen LogP) is 1.62. The van der Waals surface area contributed by atoms with Crippen LogP contribution >= 0.6 is 0 Å². The number of carbonyl (C=O) groups is 3. The molecule has 1 aliphatic rings. The second-order valence-electron chi connectivity index (χ2n) is 6.64. The first-order chi connectivity index (χ1) is 12.4. The van der Waals surface area contributed by atoms with Crippen molar-refractivity contribution in [2.24, 2.45) is 5.92 Å². The summed E-state index contributed by atoms with van der Waals surface area (Å²) in [6.07, 6.45) is 0.614. The van der Waals surface area contributed by atoms with Crippen molar-refractivity contribution in [2.75, 3.05) is 26.8 Å². The third kappa shape index (κ3) is 5.21. The fourth-order valence-corrected chi connectivity index (χ4v) is 2.69. The van der Waals surface area contributed by atoms with Gasteiger partial charge in [0.2, 0.25) is 5.91 Å². The highest BCUT2D eigenvalue weighted by Crippen LogP contribution is 2.17. The molecule has 142 valence electrons. The molecule has 0 aromatic heterocycles. The first-order valence-electron chi connectivity index (χ1n) is 8.80. The van der Waals surface area contributed by atoms with Crippen molar-refractivity contribution in [1.29, 1.82) is 0 Å². The molecule has 1 aromatic carbocycles. The van der Waals surface area contributed by atoms with Gasteiger partial charge in [-0.15, -0.1) is 0 Å². The van der Waals surface area contributed by atoms with E-state index < -0.39 is 12.0 Å². The molecule has 1 N–H and O–H groups in total. The van der Waals surface area contributed by atoms with E-state index in [2.05, 4.69) is 5.32 Å². The van der Waals surface area contributed by atoms with Crippen molar-refractivity contribution < 1.29 is 23.9 Å². The van der Waals surface area contributed by atoms with Gasteiger partial charge in [0.05, 0.1) is 20.1 Å². The number of nitrogens with zero attached hydrogens (tertiary/aromatic N) is 1. The van der Waals surface area contributed by atoms with Crippen LogP contribution in [0.15, 0.2) is 24.3 Å². The predicted molar refractivity (Wildman–Crippen MR) is 95.9 cm³/mol. The molecule has 1 saturated heterocycles. The summed E-state index contributed by atoms with van der Waals surface area (Å²) in [6.45, 7) is 5.10. The lowest BCUT2D eigenvalue weighted by Crippen LogP contribution is -2.57. The third-order valence-corrected chi connectivity index (χ3v) is 4.25. The Labute approximate surface area is 153 Å². The van der Waals surface area contributed by atoms with Gasteiger partial charge in [-0.3, -0.25) is 14.4 Å². The average Bonchev–Trinajstić information content (AvgIpc) is 2.62. The smallest absolute Gasteiger partial charge is 0.308 e. The monoisotopic (exact) mass is 362 g/mol. The largest absolute Gasteiger partial charge is 0.497 e. The molecule has 1 unspecified atom stereocenters. The second kappa shape index (κ2) is 9.22. The molecule has 0 aliphatic carbocycles. The number of hydrogen-bond donors (Lipinski definition) is 1. The highest BCUT2D eigenvalue weighted by Gasteiger charge is 2.35. The van der Waals surface area contributed by atoms with Gasteiger partial charge in [-0.2, -0.15) is 0 Å². The quantitative estimate of drug-likeness (QED) is 0.745. The Morgan fingerprint density at radius 2 is 1.96 bits per heavy atom. The van der Waals surface area contributed by atoms with Crippen molar-refractivity contribution in [1.82, 2.24) is 10.2 Å². The molecule has 0 radical (unpaired) electrons. The van der Waals surface area contributed by atoms with Crippen LogP contribution in [0.2, 0.25) is 0 Å². The number of esters is 1. The van der Waals surface area contributed by atoms with E-state index in [1.807, 2.05) is 13.8 Å². The molecule has 0 saturated carbocycles. The molecule has 0 bridgehead atoms. The maximum atomic E-state index is 12.8. The first-order valence-corrected chi connectivity index (χ1v) is 8.80. The van der Waals surface area contributed by atoms with E-state index in [0.717, 1.165) is 6.42 Å². The number of benzene rings is 1. The van der Waals surface area contributed by atoms with Crippen LogP contribution in [0.1, 0.15) is 37.0 Å². The SMILES string of the molecule is COc1ccc(C(=O)N2CCNC(=O)C2CC(=O)OCCC(C)C)cc1. The molecule has 7 nitrogen and oxygen atoms in total. The highest BCUT2D eigenvalue weighted by molar-refractivity contribution is 5.99. The summed E-state index contributed by atoms with van der Waals surface area (Å²) in [5.74, 6) is -0.0289. The minimum absolute atomic E-state index is 0.147. The topological polar surface area (TPSA) is 84.9 Å². The van der Waals surface area contributed by atoms with E-state index in [9.17, 15) is 14.4 Å². The molecule has 2 rings (SSSR count). The van der Waals surface area contributed by atoms with Crippen LogP contribution in [0.4, 0.5) is 0 Å². The van der Waals surface area contributed by atoms with Crippen LogP contribution < -0.4 is 10.1 Å². The van der Waals surface area contributed by atoms with E-state index in [0.29, 0.717) is 36.9 Å². The number of rotatable bonds is 7. The van der Waals surface area contributed by atoms with Gasteiger partial charge in [0.25, 0.3) is 5.91 Å². The Morgan fingerprint density at radius 1 is 1.27 bits per heavy atom. The van der Waals surface area contributed by atoms with Crippen LogP contribution in [0, 0.1) is 5.92 Å². The van der Waals surface area contributed by atoms with Crippen molar-refractivity contribution in [2.45, 2.75) is 32.7 Å². The number of amides is 2. The van der Waals surface area contributed by atoms with Gasteiger partial charge < -0.3 is 19.7 Å². The van der Waals surface area contributed by atoms with Gasteiger partial charge in [-0.05, 0) is 36.6 Å². The zero-order chi connectivity index (χ0) is 19.1. The summed E-state index contributed by atoms with van der Waals surface area (Å²) in [4.78, 5) is 38.5. The molecule has 1 aliphatic heterocycles. The van der Waals surface area contributed by atoms with Gasteiger partial charge >= 0.3 is 5.97 Å². The average molecular weight is 362 g/mol. The molecule has 1 aromatic rings. The van der Waals surface area contributed by atoms with Crippen molar-refractivity contribution in [3.05, 3.63) is 29.8 Å². The number of methoxy groups -OCH3 is 1. The van der Waals surface area contributed by atoms with Crippen LogP contribution in [0.5, 0.6) is 5.75 Å². The molecule has 1 atom stereocenters. The maximum absolute atomic E-state index is 12.8. The van der Waals surface area contributed by atoms with Crippen LogP contribution in [-0.4, -0.2) is 55.5 Å². The molecular weight excluding hydrogens is 336 g/mol. The molecular formula is C19H26N2O5. The first kappa shape index (κ1) is 19.8. The van der Waals surface area contributed by atoms with Gasteiger partial charge in [0.1, 0.15) is 11.8 Å². The molecule has 1 fully saturated rings. The fourth-order valence-electron chi connectivity index (χ4n) is 2.69. The molecule has 0 spiro atoms. The van der Waals surface area contributed by atoms with Gasteiger partial charge in [0, 0.05) is 18.7 Å². The van der Waals surface area contributed by atoms with E-state index >= 15 is 0 Å². The zero-order valence-corrected chi connectivity index (χ0v) is 15.5. The minimum Gasteiger partial charge on any atom is -0.497 e. The Hall–Kier alpha value is -2.57.